The first-order chi connectivity index (χ1) is 23.9. The molecule has 0 radical (unpaired) electrons. The molecule has 1 atom stereocenters. The van der Waals surface area contributed by atoms with E-state index in [0.717, 1.165) is 31.9 Å². The van der Waals surface area contributed by atoms with Gasteiger partial charge >= 0.3 is 0 Å². The van der Waals surface area contributed by atoms with E-state index in [9.17, 15) is 4.79 Å². The second-order valence-corrected chi connectivity index (χ2v) is 12.0. The van der Waals surface area contributed by atoms with Crippen LogP contribution in [-0.4, -0.2) is 70.4 Å². The number of aromatic nitrogens is 1. The van der Waals surface area contributed by atoms with Crippen molar-refractivity contribution in [3.63, 3.8) is 0 Å². The van der Waals surface area contributed by atoms with Crippen LogP contribution in [0.4, 0.5) is 0 Å². The van der Waals surface area contributed by atoms with Crippen LogP contribution in [0.15, 0.2) is 77.9 Å². The predicted molar refractivity (Wildman–Crippen MR) is 188 cm³/mol. The SMILES string of the molecule is COc1ccc(-c2nc3ccccc3s2)cc1OCCOc1cc(C2CC(c3cc(OC)c(OC)c(OC)c3)=NN2C(C)=O)ccc1OC. The number of amides is 1. The van der Waals surface area contributed by atoms with Crippen molar-refractivity contribution in [2.45, 2.75) is 19.4 Å². The van der Waals surface area contributed by atoms with Crippen molar-refractivity contribution in [1.82, 2.24) is 9.99 Å². The standard InChI is InChI=1S/C37H37N3O8S/c1-22(41)40-28(21-27(39-40)25-19-33(44-4)36(46-6)34(20-25)45-5)23-11-13-29(42-2)31(17-23)47-15-16-48-32-18-24(12-14-30(32)43-3)37-38-26-9-7-8-10-35(26)49-37/h7-14,17-20,28H,15-16,21H2,1-6H3. The highest BCUT2D eigenvalue weighted by atomic mass is 32.1. The van der Waals surface area contributed by atoms with Gasteiger partial charge in [0.25, 0.3) is 0 Å². The van der Waals surface area contributed by atoms with Crippen LogP contribution in [0.1, 0.15) is 30.5 Å². The van der Waals surface area contributed by atoms with Gasteiger partial charge in [-0.25, -0.2) is 9.99 Å². The molecule has 49 heavy (non-hydrogen) atoms. The number of nitrogens with zero attached hydrogens (tertiary/aromatic N) is 3. The number of ether oxygens (including phenoxy) is 7. The molecule has 1 aliphatic heterocycles. The van der Waals surface area contributed by atoms with Gasteiger partial charge in [-0.05, 0) is 60.2 Å². The summed E-state index contributed by atoms with van der Waals surface area (Å²) in [5, 5.41) is 7.08. The number of para-hydroxylation sites is 1. The lowest BCUT2D eigenvalue weighted by atomic mass is 9.97. The van der Waals surface area contributed by atoms with Crippen molar-refractivity contribution in [3.8, 4) is 50.8 Å². The fourth-order valence-electron chi connectivity index (χ4n) is 5.72. The van der Waals surface area contributed by atoms with Gasteiger partial charge in [0.05, 0.1) is 57.5 Å². The topological polar surface area (TPSA) is 110 Å². The largest absolute Gasteiger partial charge is 0.493 e. The molecule has 0 N–H and O–H groups in total. The Morgan fingerprint density at radius 3 is 1.96 bits per heavy atom. The van der Waals surface area contributed by atoms with Gasteiger partial charge in [-0.3, -0.25) is 4.79 Å². The maximum atomic E-state index is 12.8. The molecule has 0 fully saturated rings. The normalized spacial score (nSPS) is 14.0. The Hall–Kier alpha value is -5.49. The fourth-order valence-corrected chi connectivity index (χ4v) is 6.68. The third kappa shape index (κ3) is 6.91. The van der Waals surface area contributed by atoms with Gasteiger partial charge in [-0.2, -0.15) is 5.10 Å². The number of carbonyl (C=O) groups excluding carboxylic acids is 1. The summed E-state index contributed by atoms with van der Waals surface area (Å²) in [4.78, 5) is 17.6. The van der Waals surface area contributed by atoms with E-state index in [1.807, 2.05) is 66.7 Å². The predicted octanol–water partition coefficient (Wildman–Crippen LogP) is 7.16. The Morgan fingerprint density at radius 1 is 0.735 bits per heavy atom. The molecular formula is C37H37N3O8S. The van der Waals surface area contributed by atoms with Gasteiger partial charge in [0.15, 0.2) is 34.5 Å². The summed E-state index contributed by atoms with van der Waals surface area (Å²) >= 11 is 1.62. The Balaban J connectivity index is 1.18. The molecule has 0 spiro atoms. The molecule has 1 unspecified atom stereocenters. The molecule has 0 bridgehead atoms. The number of methoxy groups -OCH3 is 5. The molecule has 5 aromatic rings. The minimum Gasteiger partial charge on any atom is -0.493 e. The van der Waals surface area contributed by atoms with Gasteiger partial charge in [-0.15, -0.1) is 11.3 Å². The lowest BCUT2D eigenvalue weighted by molar-refractivity contribution is -0.130. The molecule has 12 heteroatoms. The van der Waals surface area contributed by atoms with Crippen LogP contribution in [-0.2, 0) is 4.79 Å². The summed E-state index contributed by atoms with van der Waals surface area (Å²) in [6.45, 7) is 1.96. The van der Waals surface area contributed by atoms with E-state index in [2.05, 4.69) is 6.07 Å². The molecule has 4 aromatic carbocycles. The Labute approximate surface area is 288 Å². The first kappa shape index (κ1) is 33.4. The monoisotopic (exact) mass is 683 g/mol. The maximum absolute atomic E-state index is 12.8. The number of fused-ring (bicyclic) bond motifs is 1. The van der Waals surface area contributed by atoms with Crippen LogP contribution in [0.2, 0.25) is 0 Å². The van der Waals surface area contributed by atoms with Crippen molar-refractivity contribution in [1.29, 1.82) is 0 Å². The van der Waals surface area contributed by atoms with Crippen molar-refractivity contribution < 1.29 is 38.0 Å². The van der Waals surface area contributed by atoms with Crippen molar-refractivity contribution >= 4 is 33.2 Å². The molecule has 1 aromatic heterocycles. The number of rotatable bonds is 13. The van der Waals surface area contributed by atoms with Crippen LogP contribution >= 0.6 is 11.3 Å². The van der Waals surface area contributed by atoms with E-state index in [0.29, 0.717) is 52.4 Å². The van der Waals surface area contributed by atoms with Crippen molar-refractivity contribution in [2.24, 2.45) is 5.10 Å². The van der Waals surface area contributed by atoms with Gasteiger partial charge in [0.1, 0.15) is 18.2 Å². The van der Waals surface area contributed by atoms with Gasteiger partial charge in [0.2, 0.25) is 11.7 Å². The van der Waals surface area contributed by atoms with E-state index in [4.69, 9.17) is 43.2 Å². The summed E-state index contributed by atoms with van der Waals surface area (Å²) in [6.07, 6.45) is 0.456. The van der Waals surface area contributed by atoms with Crippen LogP contribution in [0.5, 0.6) is 40.2 Å². The molecule has 1 aliphatic rings. The number of benzene rings is 4. The van der Waals surface area contributed by atoms with Crippen molar-refractivity contribution in [3.05, 3.63) is 83.9 Å². The third-order valence-corrected chi connectivity index (χ3v) is 9.19. The first-order valence-electron chi connectivity index (χ1n) is 15.5. The molecule has 2 heterocycles. The summed E-state index contributed by atoms with van der Waals surface area (Å²) in [6, 6.07) is 22.7. The molecule has 6 rings (SSSR count). The fraction of sp³-hybridized carbons (Fsp3) is 0.270. The molecule has 254 valence electrons. The Bertz CT molecular complexity index is 1950. The number of hydrogen-bond acceptors (Lipinski definition) is 11. The summed E-state index contributed by atoms with van der Waals surface area (Å²) in [5.41, 5.74) is 4.19. The highest BCUT2D eigenvalue weighted by molar-refractivity contribution is 7.21. The highest BCUT2D eigenvalue weighted by Gasteiger charge is 2.33. The zero-order chi connectivity index (χ0) is 34.5. The zero-order valence-corrected chi connectivity index (χ0v) is 29.0. The second-order valence-electron chi connectivity index (χ2n) is 11.0. The van der Waals surface area contributed by atoms with Crippen LogP contribution in [0.25, 0.3) is 20.8 Å². The summed E-state index contributed by atoms with van der Waals surface area (Å²) < 4.78 is 41.2. The molecule has 0 saturated carbocycles. The molecule has 0 aliphatic carbocycles. The van der Waals surface area contributed by atoms with E-state index in [-0.39, 0.29) is 25.2 Å². The number of hydrazone groups is 1. The number of hydrogen-bond donors (Lipinski definition) is 0. The molecular weight excluding hydrogens is 646 g/mol. The third-order valence-electron chi connectivity index (χ3n) is 8.11. The first-order valence-corrected chi connectivity index (χ1v) is 16.3. The van der Waals surface area contributed by atoms with Gasteiger partial charge in [0, 0.05) is 24.5 Å². The molecule has 0 saturated heterocycles. The van der Waals surface area contributed by atoms with Crippen LogP contribution in [0, 0.1) is 0 Å². The van der Waals surface area contributed by atoms with E-state index < -0.39 is 0 Å². The second kappa shape index (κ2) is 14.7. The zero-order valence-electron chi connectivity index (χ0n) is 28.1. The van der Waals surface area contributed by atoms with Gasteiger partial charge < -0.3 is 33.2 Å². The molecule has 11 nitrogen and oxygen atoms in total. The lowest BCUT2D eigenvalue weighted by Gasteiger charge is -2.22. The van der Waals surface area contributed by atoms with Crippen molar-refractivity contribution in [2.75, 3.05) is 48.8 Å². The highest BCUT2D eigenvalue weighted by Crippen LogP contribution is 2.42. The quantitative estimate of drug-likeness (QED) is 0.119. The minimum atomic E-state index is -0.370. The summed E-state index contributed by atoms with van der Waals surface area (Å²) in [5.74, 6) is 3.55. The number of carbonyl (C=O) groups is 1. The van der Waals surface area contributed by atoms with E-state index in [1.54, 1.807) is 46.9 Å². The minimum absolute atomic E-state index is 0.193. The smallest absolute Gasteiger partial charge is 0.240 e. The van der Waals surface area contributed by atoms with Gasteiger partial charge in [-0.1, -0.05) is 18.2 Å². The summed E-state index contributed by atoms with van der Waals surface area (Å²) in [7, 11) is 7.86. The molecule has 1 amide bonds. The average Bonchev–Trinajstić information content (AvgIpc) is 3.78. The van der Waals surface area contributed by atoms with Crippen LogP contribution < -0.4 is 33.2 Å². The number of thiazole rings is 1. The Morgan fingerprint density at radius 2 is 1.35 bits per heavy atom. The van der Waals surface area contributed by atoms with E-state index >= 15 is 0 Å². The van der Waals surface area contributed by atoms with E-state index in [1.165, 1.54) is 11.9 Å². The lowest BCUT2D eigenvalue weighted by Crippen LogP contribution is -2.24. The Kier molecular flexibility index (Phi) is 10.0. The maximum Gasteiger partial charge on any atom is 0.240 e. The van der Waals surface area contributed by atoms with Crippen LogP contribution in [0.3, 0.4) is 0 Å². The average molecular weight is 684 g/mol.